The van der Waals surface area contributed by atoms with Gasteiger partial charge < -0.3 is 9.64 Å². The van der Waals surface area contributed by atoms with E-state index in [9.17, 15) is 18.0 Å². The van der Waals surface area contributed by atoms with E-state index < -0.39 is 29.8 Å². The Morgan fingerprint density at radius 1 is 1.54 bits per heavy atom. The summed E-state index contributed by atoms with van der Waals surface area (Å²) < 4.78 is 45.3. The fourth-order valence-electron chi connectivity index (χ4n) is 3.70. The SMILES string of the molecule is C#CC1C[C@]2(C[C@H](C)N1C(=O)C(F)(F)F)OCCc1cc(Cl)sc12. The summed E-state index contributed by atoms with van der Waals surface area (Å²) in [6.45, 7) is 2.03. The van der Waals surface area contributed by atoms with Gasteiger partial charge >= 0.3 is 12.1 Å². The van der Waals surface area contributed by atoms with Gasteiger partial charge in [0.1, 0.15) is 5.60 Å². The first kappa shape index (κ1) is 17.6. The number of piperidine rings is 1. The highest BCUT2D eigenvalue weighted by molar-refractivity contribution is 7.16. The first-order valence-electron chi connectivity index (χ1n) is 7.46. The minimum absolute atomic E-state index is 0.138. The van der Waals surface area contributed by atoms with Crippen LogP contribution in [0.15, 0.2) is 6.07 Å². The summed E-state index contributed by atoms with van der Waals surface area (Å²) in [6.07, 6.45) is 1.62. The number of hydrogen-bond donors (Lipinski definition) is 0. The lowest BCUT2D eigenvalue weighted by atomic mass is 9.78. The Bertz CT molecular complexity index is 711. The van der Waals surface area contributed by atoms with Gasteiger partial charge in [0.15, 0.2) is 0 Å². The smallest absolute Gasteiger partial charge is 0.369 e. The molecule has 1 aromatic heterocycles. The van der Waals surface area contributed by atoms with E-state index in [2.05, 4.69) is 5.92 Å². The molecule has 0 N–H and O–H groups in total. The van der Waals surface area contributed by atoms with Gasteiger partial charge in [0.2, 0.25) is 0 Å². The number of terminal acetylenes is 1. The van der Waals surface area contributed by atoms with E-state index in [1.807, 2.05) is 6.07 Å². The molecule has 130 valence electrons. The largest absolute Gasteiger partial charge is 0.471 e. The maximum Gasteiger partial charge on any atom is 0.471 e. The van der Waals surface area contributed by atoms with Gasteiger partial charge in [-0.15, -0.1) is 17.8 Å². The lowest BCUT2D eigenvalue weighted by Gasteiger charge is -2.49. The number of halogens is 4. The Hall–Kier alpha value is -1.23. The molecular formula is C16H15ClF3NO2S. The molecule has 3 heterocycles. The van der Waals surface area contributed by atoms with Crippen molar-refractivity contribution in [3.8, 4) is 12.3 Å². The third-order valence-corrected chi connectivity index (χ3v) is 6.06. The second kappa shape index (κ2) is 5.94. The lowest BCUT2D eigenvalue weighted by Crippen LogP contribution is -2.59. The number of likely N-dealkylation sites (tertiary alicyclic amines) is 1. The van der Waals surface area contributed by atoms with Crippen LogP contribution >= 0.6 is 22.9 Å². The summed E-state index contributed by atoms with van der Waals surface area (Å²) in [7, 11) is 0. The van der Waals surface area contributed by atoms with Crippen molar-refractivity contribution in [1.29, 1.82) is 0 Å². The van der Waals surface area contributed by atoms with Crippen LogP contribution in [0.1, 0.15) is 30.2 Å². The van der Waals surface area contributed by atoms with Crippen molar-refractivity contribution >= 4 is 28.8 Å². The van der Waals surface area contributed by atoms with Gasteiger partial charge in [-0.1, -0.05) is 17.5 Å². The Kier molecular flexibility index (Phi) is 4.35. The van der Waals surface area contributed by atoms with E-state index in [0.717, 1.165) is 15.3 Å². The fraction of sp³-hybridized carbons (Fsp3) is 0.562. The number of ether oxygens (including phenoxy) is 1. The highest BCUT2D eigenvalue weighted by Gasteiger charge is 2.54. The van der Waals surface area contributed by atoms with Crippen LogP contribution < -0.4 is 0 Å². The van der Waals surface area contributed by atoms with Crippen molar-refractivity contribution in [2.45, 2.75) is 50.0 Å². The summed E-state index contributed by atoms with van der Waals surface area (Å²) in [6, 6.07) is 0.199. The standard InChI is InChI=1S/C16H15ClF3NO2S/c1-3-11-8-15(7-9(2)21(11)14(22)16(18,19)20)13-10(4-5-23-15)6-12(17)24-13/h1,6,9,11H,4-5,7-8H2,2H3/t9-,11?,15-/m0/s1. The normalized spacial score (nSPS) is 30.1. The van der Waals surface area contributed by atoms with E-state index in [1.165, 1.54) is 11.3 Å². The van der Waals surface area contributed by atoms with Gasteiger partial charge in [-0.3, -0.25) is 4.79 Å². The van der Waals surface area contributed by atoms with Gasteiger partial charge in [0.05, 0.1) is 17.0 Å². The average Bonchev–Trinajstić information content (AvgIpc) is 2.87. The number of carbonyl (C=O) groups excluding carboxylic acids is 1. The Morgan fingerprint density at radius 3 is 2.88 bits per heavy atom. The van der Waals surface area contributed by atoms with E-state index >= 15 is 0 Å². The summed E-state index contributed by atoms with van der Waals surface area (Å²) >= 11 is 7.48. The van der Waals surface area contributed by atoms with E-state index in [0.29, 0.717) is 17.4 Å². The van der Waals surface area contributed by atoms with Crippen molar-refractivity contribution in [2.75, 3.05) is 6.61 Å². The number of amides is 1. The van der Waals surface area contributed by atoms with Crippen LogP contribution in [-0.2, 0) is 21.6 Å². The van der Waals surface area contributed by atoms with Crippen LogP contribution in [-0.4, -0.2) is 35.7 Å². The monoisotopic (exact) mass is 377 g/mol. The molecule has 3 nitrogen and oxygen atoms in total. The van der Waals surface area contributed by atoms with Crippen molar-refractivity contribution in [2.24, 2.45) is 0 Å². The predicted molar refractivity (Wildman–Crippen MR) is 84.9 cm³/mol. The molecule has 0 radical (unpaired) electrons. The molecule has 1 unspecified atom stereocenters. The molecule has 1 aromatic rings. The zero-order valence-electron chi connectivity index (χ0n) is 12.8. The quantitative estimate of drug-likeness (QED) is 0.644. The minimum Gasteiger partial charge on any atom is -0.369 e. The van der Waals surface area contributed by atoms with E-state index in [4.69, 9.17) is 22.8 Å². The van der Waals surface area contributed by atoms with Crippen LogP contribution in [0.5, 0.6) is 0 Å². The topological polar surface area (TPSA) is 29.5 Å². The number of nitrogens with zero attached hydrogens (tertiary/aromatic N) is 1. The molecule has 0 aromatic carbocycles. The maximum absolute atomic E-state index is 12.9. The first-order chi connectivity index (χ1) is 11.2. The lowest BCUT2D eigenvalue weighted by molar-refractivity contribution is -0.197. The van der Waals surface area contributed by atoms with Crippen LogP contribution in [0.25, 0.3) is 0 Å². The van der Waals surface area contributed by atoms with Crippen molar-refractivity contribution in [3.63, 3.8) is 0 Å². The Morgan fingerprint density at radius 2 is 2.25 bits per heavy atom. The van der Waals surface area contributed by atoms with Gasteiger partial charge in [0, 0.05) is 23.8 Å². The minimum atomic E-state index is -4.95. The number of alkyl halides is 3. The summed E-state index contributed by atoms with van der Waals surface area (Å²) in [5.41, 5.74) is 0.277. The molecule has 3 rings (SSSR count). The first-order valence-corrected chi connectivity index (χ1v) is 8.65. The summed E-state index contributed by atoms with van der Waals surface area (Å²) in [5, 5.41) is 0. The number of thiophene rings is 1. The second-order valence-electron chi connectivity index (χ2n) is 6.15. The third-order valence-electron chi connectivity index (χ3n) is 4.57. The summed E-state index contributed by atoms with van der Waals surface area (Å²) in [4.78, 5) is 13.4. The van der Waals surface area contributed by atoms with E-state index in [-0.39, 0.29) is 12.8 Å². The molecule has 2 aliphatic heterocycles. The van der Waals surface area contributed by atoms with Crippen LogP contribution in [0.2, 0.25) is 4.34 Å². The molecular weight excluding hydrogens is 363 g/mol. The summed E-state index contributed by atoms with van der Waals surface area (Å²) in [5.74, 6) is 0.448. The predicted octanol–water partition coefficient (Wildman–Crippen LogP) is 3.74. The number of rotatable bonds is 0. The molecule has 8 heteroatoms. The van der Waals surface area contributed by atoms with Crippen molar-refractivity contribution in [3.05, 3.63) is 20.8 Å². The van der Waals surface area contributed by atoms with Crippen molar-refractivity contribution < 1.29 is 22.7 Å². The molecule has 0 bridgehead atoms. The highest BCUT2D eigenvalue weighted by Crippen LogP contribution is 2.49. The van der Waals surface area contributed by atoms with Gasteiger partial charge in [-0.2, -0.15) is 13.2 Å². The number of carbonyl (C=O) groups is 1. The molecule has 3 atom stereocenters. The van der Waals surface area contributed by atoms with Gasteiger partial charge in [0.25, 0.3) is 0 Å². The van der Waals surface area contributed by atoms with Crippen molar-refractivity contribution in [1.82, 2.24) is 4.90 Å². The zero-order chi connectivity index (χ0) is 17.7. The van der Waals surface area contributed by atoms with Gasteiger partial charge in [-0.25, -0.2) is 0 Å². The fourth-order valence-corrected chi connectivity index (χ4v) is 5.16. The molecule has 1 amide bonds. The van der Waals surface area contributed by atoms with Crippen LogP contribution in [0.4, 0.5) is 13.2 Å². The molecule has 0 aliphatic carbocycles. The molecule has 24 heavy (non-hydrogen) atoms. The van der Waals surface area contributed by atoms with Gasteiger partial charge in [-0.05, 0) is 25.0 Å². The zero-order valence-corrected chi connectivity index (χ0v) is 14.4. The molecule has 1 fully saturated rings. The Labute approximate surface area is 146 Å². The van der Waals surface area contributed by atoms with Crippen LogP contribution in [0, 0.1) is 12.3 Å². The number of fused-ring (bicyclic) bond motifs is 2. The molecule has 1 spiro atoms. The maximum atomic E-state index is 12.9. The van der Waals surface area contributed by atoms with E-state index in [1.54, 1.807) is 6.92 Å². The second-order valence-corrected chi connectivity index (χ2v) is 7.83. The third kappa shape index (κ3) is 2.81. The highest BCUT2D eigenvalue weighted by atomic mass is 35.5. The number of hydrogen-bond acceptors (Lipinski definition) is 3. The van der Waals surface area contributed by atoms with Crippen LogP contribution in [0.3, 0.4) is 0 Å². The molecule has 0 saturated carbocycles. The Balaban J connectivity index is 1.98. The molecule has 2 aliphatic rings. The molecule has 1 saturated heterocycles. The average molecular weight is 378 g/mol.